The first kappa shape index (κ1) is 21.6. The number of hydrogen-bond acceptors (Lipinski definition) is 5. The molecule has 2 aromatic rings. The highest BCUT2D eigenvalue weighted by Gasteiger charge is 2.20. The summed E-state index contributed by atoms with van der Waals surface area (Å²) in [5, 5.41) is 6.80. The number of nitrogens with one attached hydrogen (secondary N) is 2. The van der Waals surface area contributed by atoms with Gasteiger partial charge in [-0.05, 0) is 70.2 Å². The Hall–Kier alpha value is -2.12. The van der Waals surface area contributed by atoms with Crippen LogP contribution in [0, 0.1) is 12.8 Å². The lowest BCUT2D eigenvalue weighted by Crippen LogP contribution is -2.32. The summed E-state index contributed by atoms with van der Waals surface area (Å²) in [6, 6.07) is 7.95. The summed E-state index contributed by atoms with van der Waals surface area (Å²) in [7, 11) is 0. The first-order chi connectivity index (χ1) is 14.1. The molecule has 0 saturated heterocycles. The van der Waals surface area contributed by atoms with Gasteiger partial charge in [-0.2, -0.15) is 0 Å². The number of aryl methyl sites for hydroxylation is 1. The molecule has 0 spiro atoms. The average Bonchev–Trinajstić information content (AvgIpc) is 3.43. The fourth-order valence-electron chi connectivity index (χ4n) is 2.71. The average molecular weight is 417 g/mol. The van der Waals surface area contributed by atoms with Crippen molar-refractivity contribution in [3.63, 3.8) is 0 Å². The molecule has 1 saturated carbocycles. The largest absolute Gasteiger partial charge is 0.491 e. The zero-order chi connectivity index (χ0) is 20.5. The number of thiazole rings is 1. The molecule has 1 aliphatic carbocycles. The van der Waals surface area contributed by atoms with Crippen LogP contribution in [0.1, 0.15) is 43.7 Å². The topological polar surface area (TPSA) is 67.8 Å². The van der Waals surface area contributed by atoms with Crippen molar-refractivity contribution in [2.24, 2.45) is 10.9 Å². The van der Waals surface area contributed by atoms with E-state index in [2.05, 4.69) is 15.6 Å². The molecular formula is C22H32N4O2S. The number of hydrogen-bond donors (Lipinski definition) is 2. The zero-order valence-electron chi connectivity index (χ0n) is 17.6. The van der Waals surface area contributed by atoms with E-state index in [0.717, 1.165) is 55.2 Å². The van der Waals surface area contributed by atoms with E-state index in [-0.39, 0.29) is 6.10 Å². The van der Waals surface area contributed by atoms with Gasteiger partial charge in [-0.15, -0.1) is 11.3 Å². The highest BCUT2D eigenvalue weighted by Crippen LogP contribution is 2.28. The molecule has 7 heteroatoms. The SMILES string of the molecule is Cc1ncsc1CN=C(NCCCOCC1CC1)Nc1ccc(OC(C)C)cc1. The number of aromatic nitrogens is 1. The standard InChI is InChI=1S/C22H32N4O2S/c1-16(2)28-20-9-7-19(8-10-20)26-22(24-13-21-17(3)25-15-29-21)23-11-4-12-27-14-18-5-6-18/h7-10,15-16,18H,4-6,11-14H2,1-3H3,(H2,23,24,26). The molecule has 0 amide bonds. The monoisotopic (exact) mass is 416 g/mol. The molecule has 1 aliphatic rings. The van der Waals surface area contributed by atoms with Gasteiger partial charge in [0.2, 0.25) is 0 Å². The summed E-state index contributed by atoms with van der Waals surface area (Å²) in [6.07, 6.45) is 3.78. The highest BCUT2D eigenvalue weighted by molar-refractivity contribution is 7.09. The van der Waals surface area contributed by atoms with Gasteiger partial charge in [-0.1, -0.05) is 0 Å². The van der Waals surface area contributed by atoms with Crippen molar-refractivity contribution in [1.82, 2.24) is 10.3 Å². The highest BCUT2D eigenvalue weighted by atomic mass is 32.1. The summed E-state index contributed by atoms with van der Waals surface area (Å²) < 4.78 is 11.4. The Morgan fingerprint density at radius 2 is 2.07 bits per heavy atom. The molecule has 3 rings (SSSR count). The van der Waals surface area contributed by atoms with E-state index in [1.165, 1.54) is 17.7 Å². The lowest BCUT2D eigenvalue weighted by molar-refractivity contribution is 0.123. The normalized spacial score (nSPS) is 14.3. The molecule has 6 nitrogen and oxygen atoms in total. The van der Waals surface area contributed by atoms with Crippen LogP contribution in [0.4, 0.5) is 5.69 Å². The van der Waals surface area contributed by atoms with Gasteiger partial charge in [0.15, 0.2) is 5.96 Å². The minimum Gasteiger partial charge on any atom is -0.491 e. The van der Waals surface area contributed by atoms with Crippen LogP contribution in [0.2, 0.25) is 0 Å². The minimum absolute atomic E-state index is 0.164. The smallest absolute Gasteiger partial charge is 0.196 e. The molecular weight excluding hydrogens is 384 g/mol. The predicted octanol–water partition coefficient (Wildman–Crippen LogP) is 4.61. The number of ether oxygens (including phenoxy) is 2. The van der Waals surface area contributed by atoms with Crippen molar-refractivity contribution in [2.45, 2.75) is 52.7 Å². The molecule has 29 heavy (non-hydrogen) atoms. The molecule has 0 atom stereocenters. The van der Waals surface area contributed by atoms with E-state index >= 15 is 0 Å². The summed E-state index contributed by atoms with van der Waals surface area (Å²) in [6.45, 7) is 9.19. The number of benzene rings is 1. The van der Waals surface area contributed by atoms with Gasteiger partial charge in [0.1, 0.15) is 5.75 Å². The summed E-state index contributed by atoms with van der Waals surface area (Å²) in [5.41, 5.74) is 3.88. The van der Waals surface area contributed by atoms with Crippen molar-refractivity contribution < 1.29 is 9.47 Å². The number of anilines is 1. The van der Waals surface area contributed by atoms with Crippen LogP contribution < -0.4 is 15.4 Å². The molecule has 1 fully saturated rings. The molecule has 1 aromatic heterocycles. The molecule has 1 heterocycles. The Bertz CT molecular complexity index is 769. The third-order valence-corrected chi connectivity index (χ3v) is 5.44. The van der Waals surface area contributed by atoms with Gasteiger partial charge in [0.25, 0.3) is 0 Å². The van der Waals surface area contributed by atoms with Crippen LogP contribution in [-0.2, 0) is 11.3 Å². The van der Waals surface area contributed by atoms with E-state index in [0.29, 0.717) is 6.54 Å². The summed E-state index contributed by atoms with van der Waals surface area (Å²) in [4.78, 5) is 10.2. The zero-order valence-corrected chi connectivity index (χ0v) is 18.4. The van der Waals surface area contributed by atoms with E-state index in [4.69, 9.17) is 14.5 Å². The first-order valence-corrected chi connectivity index (χ1v) is 11.3. The van der Waals surface area contributed by atoms with Crippen LogP contribution in [0.25, 0.3) is 0 Å². The van der Waals surface area contributed by atoms with Crippen molar-refractivity contribution >= 4 is 23.0 Å². The molecule has 2 N–H and O–H groups in total. The molecule has 0 radical (unpaired) electrons. The number of nitrogens with zero attached hydrogens (tertiary/aromatic N) is 2. The maximum Gasteiger partial charge on any atom is 0.196 e. The quantitative estimate of drug-likeness (QED) is 0.318. The third-order valence-electron chi connectivity index (χ3n) is 4.52. The van der Waals surface area contributed by atoms with Crippen LogP contribution in [0.3, 0.4) is 0 Å². The van der Waals surface area contributed by atoms with E-state index in [9.17, 15) is 0 Å². The maximum atomic E-state index is 5.72. The van der Waals surface area contributed by atoms with E-state index < -0.39 is 0 Å². The van der Waals surface area contributed by atoms with Crippen molar-refractivity contribution in [3.8, 4) is 5.75 Å². The molecule has 0 bridgehead atoms. The minimum atomic E-state index is 0.164. The Balaban J connectivity index is 1.53. The van der Waals surface area contributed by atoms with Gasteiger partial charge in [-0.3, -0.25) is 0 Å². The first-order valence-electron chi connectivity index (χ1n) is 10.4. The van der Waals surface area contributed by atoms with Crippen LogP contribution in [-0.4, -0.2) is 36.8 Å². The van der Waals surface area contributed by atoms with Gasteiger partial charge in [-0.25, -0.2) is 9.98 Å². The van der Waals surface area contributed by atoms with Crippen LogP contribution in [0.15, 0.2) is 34.8 Å². The molecule has 158 valence electrons. The molecule has 0 aliphatic heterocycles. The van der Waals surface area contributed by atoms with Crippen molar-refractivity contribution in [1.29, 1.82) is 0 Å². The fourth-order valence-corrected chi connectivity index (χ4v) is 3.41. The molecule has 1 aromatic carbocycles. The van der Waals surface area contributed by atoms with E-state index in [1.54, 1.807) is 11.3 Å². The van der Waals surface area contributed by atoms with Crippen molar-refractivity contribution in [3.05, 3.63) is 40.3 Å². The number of aliphatic imine (C=N–C) groups is 1. The second kappa shape index (κ2) is 11.2. The second-order valence-corrected chi connectivity index (χ2v) is 8.58. The number of guanidine groups is 1. The van der Waals surface area contributed by atoms with Gasteiger partial charge in [0.05, 0.1) is 23.9 Å². The number of rotatable bonds is 11. The van der Waals surface area contributed by atoms with Crippen LogP contribution >= 0.6 is 11.3 Å². The Morgan fingerprint density at radius 1 is 1.28 bits per heavy atom. The molecule has 0 unspecified atom stereocenters. The van der Waals surface area contributed by atoms with Crippen molar-refractivity contribution in [2.75, 3.05) is 25.1 Å². The lowest BCUT2D eigenvalue weighted by Gasteiger charge is -2.14. The second-order valence-electron chi connectivity index (χ2n) is 7.64. The Morgan fingerprint density at radius 3 is 2.72 bits per heavy atom. The van der Waals surface area contributed by atoms with Gasteiger partial charge >= 0.3 is 0 Å². The Labute approximate surface area is 177 Å². The third kappa shape index (κ3) is 8.03. The van der Waals surface area contributed by atoms with E-state index in [1.807, 2.05) is 50.5 Å². The summed E-state index contributed by atoms with van der Waals surface area (Å²) in [5.74, 6) is 2.44. The maximum absolute atomic E-state index is 5.72. The van der Waals surface area contributed by atoms with Gasteiger partial charge < -0.3 is 20.1 Å². The predicted molar refractivity (Wildman–Crippen MR) is 120 cm³/mol. The lowest BCUT2D eigenvalue weighted by atomic mass is 10.3. The van der Waals surface area contributed by atoms with Gasteiger partial charge in [0, 0.05) is 30.3 Å². The summed E-state index contributed by atoms with van der Waals surface area (Å²) >= 11 is 1.64. The fraction of sp³-hybridized carbons (Fsp3) is 0.545. The van der Waals surface area contributed by atoms with Crippen LogP contribution in [0.5, 0.6) is 5.75 Å². The Kier molecular flexibility index (Phi) is 8.31.